The van der Waals surface area contributed by atoms with Crippen molar-refractivity contribution in [1.29, 1.82) is 0 Å². The molecule has 21 heavy (non-hydrogen) atoms. The number of hydrogen-bond acceptors (Lipinski definition) is 5. The van der Waals surface area contributed by atoms with Crippen LogP contribution in [0.1, 0.15) is 5.82 Å². The molecule has 1 aliphatic rings. The molecule has 7 nitrogen and oxygen atoms in total. The second-order valence-corrected chi connectivity index (χ2v) is 6.74. The molecule has 3 N–H and O–H groups in total. The number of benzene rings is 1. The zero-order valence-electron chi connectivity index (χ0n) is 11.7. The van der Waals surface area contributed by atoms with Crippen LogP contribution in [0.5, 0.6) is 0 Å². The molecule has 0 unspecified atom stereocenters. The van der Waals surface area contributed by atoms with Crippen LogP contribution in [-0.2, 0) is 23.1 Å². The van der Waals surface area contributed by atoms with Gasteiger partial charge in [0.2, 0.25) is 10.0 Å². The molecule has 0 aliphatic carbocycles. The highest BCUT2D eigenvalue weighted by atomic mass is 32.2. The maximum atomic E-state index is 11.8. The van der Waals surface area contributed by atoms with Crippen molar-refractivity contribution in [2.24, 2.45) is 0 Å². The molecule has 0 fully saturated rings. The first kappa shape index (κ1) is 13.9. The van der Waals surface area contributed by atoms with Crippen LogP contribution in [-0.4, -0.2) is 31.6 Å². The Morgan fingerprint density at radius 2 is 2.14 bits per heavy atom. The van der Waals surface area contributed by atoms with Gasteiger partial charge in [-0.1, -0.05) is 0 Å². The van der Waals surface area contributed by atoms with Gasteiger partial charge in [-0.3, -0.25) is 0 Å². The number of rotatable bonds is 3. The zero-order chi connectivity index (χ0) is 15.0. The van der Waals surface area contributed by atoms with Crippen LogP contribution in [0.4, 0.5) is 11.4 Å². The Balaban J connectivity index is 1.90. The largest absolute Gasteiger partial charge is 0.398 e. The number of imidazole rings is 1. The molecule has 0 amide bonds. The van der Waals surface area contributed by atoms with Crippen LogP contribution >= 0.6 is 0 Å². The summed E-state index contributed by atoms with van der Waals surface area (Å²) in [7, 11) is -2.16. The van der Waals surface area contributed by atoms with E-state index in [1.165, 1.54) is 13.1 Å². The van der Waals surface area contributed by atoms with E-state index >= 15 is 0 Å². The standard InChI is InChI=1S/C13H17N5O2S/c1-15-21(19,20)12-3-2-10(8-11(12)14)18-7-6-17-5-4-16-13(17)9-18/h2-5,8,15H,6-7,9,14H2,1H3. The van der Waals surface area contributed by atoms with Gasteiger partial charge in [-0.2, -0.15) is 0 Å². The van der Waals surface area contributed by atoms with Crippen LogP contribution in [0.25, 0.3) is 0 Å². The van der Waals surface area contributed by atoms with Crippen molar-refractivity contribution in [3.8, 4) is 0 Å². The molecule has 2 aromatic rings. The highest BCUT2D eigenvalue weighted by molar-refractivity contribution is 7.89. The smallest absolute Gasteiger partial charge is 0.242 e. The molecule has 1 aliphatic heterocycles. The minimum atomic E-state index is -3.53. The molecular formula is C13H17N5O2S. The highest BCUT2D eigenvalue weighted by Gasteiger charge is 2.20. The van der Waals surface area contributed by atoms with Crippen LogP contribution < -0.4 is 15.4 Å². The molecule has 0 bridgehead atoms. The number of fused-ring (bicyclic) bond motifs is 1. The molecule has 3 rings (SSSR count). The van der Waals surface area contributed by atoms with Crippen LogP contribution in [0.3, 0.4) is 0 Å². The first-order valence-corrected chi connectivity index (χ1v) is 8.07. The number of aromatic nitrogens is 2. The second-order valence-electron chi connectivity index (χ2n) is 4.89. The summed E-state index contributed by atoms with van der Waals surface area (Å²) in [6, 6.07) is 5.01. The fourth-order valence-corrected chi connectivity index (χ4v) is 3.32. The van der Waals surface area contributed by atoms with E-state index in [0.29, 0.717) is 6.54 Å². The van der Waals surface area contributed by atoms with Gasteiger partial charge in [0.1, 0.15) is 10.7 Å². The van der Waals surface area contributed by atoms with Gasteiger partial charge >= 0.3 is 0 Å². The molecular weight excluding hydrogens is 290 g/mol. The molecule has 8 heteroatoms. The van der Waals surface area contributed by atoms with E-state index in [1.54, 1.807) is 18.3 Å². The summed E-state index contributed by atoms with van der Waals surface area (Å²) >= 11 is 0. The Kier molecular flexibility index (Phi) is 3.34. The Morgan fingerprint density at radius 3 is 2.86 bits per heavy atom. The summed E-state index contributed by atoms with van der Waals surface area (Å²) < 4.78 is 28.0. The van der Waals surface area contributed by atoms with E-state index in [0.717, 1.165) is 24.6 Å². The van der Waals surface area contributed by atoms with Gasteiger partial charge in [-0.15, -0.1) is 0 Å². The average molecular weight is 307 g/mol. The van der Waals surface area contributed by atoms with Gasteiger partial charge in [0, 0.05) is 31.2 Å². The molecule has 0 saturated carbocycles. The van der Waals surface area contributed by atoms with Crippen LogP contribution in [0.2, 0.25) is 0 Å². The van der Waals surface area contributed by atoms with E-state index in [1.807, 2.05) is 6.20 Å². The number of nitrogens with two attached hydrogens (primary N) is 1. The summed E-state index contributed by atoms with van der Waals surface area (Å²) in [5.74, 6) is 0.992. The van der Waals surface area contributed by atoms with Gasteiger partial charge in [0.05, 0.1) is 12.2 Å². The lowest BCUT2D eigenvalue weighted by molar-refractivity contribution is 0.560. The lowest BCUT2D eigenvalue weighted by Gasteiger charge is -2.30. The topological polar surface area (TPSA) is 93.2 Å². The van der Waals surface area contributed by atoms with E-state index in [2.05, 4.69) is 19.2 Å². The van der Waals surface area contributed by atoms with E-state index in [4.69, 9.17) is 5.73 Å². The van der Waals surface area contributed by atoms with E-state index < -0.39 is 10.0 Å². The molecule has 1 aromatic carbocycles. The van der Waals surface area contributed by atoms with Crippen LogP contribution in [0, 0.1) is 0 Å². The predicted octanol–water partition coefficient (Wildman–Crippen LogP) is 0.394. The maximum absolute atomic E-state index is 11.8. The fraction of sp³-hybridized carbons (Fsp3) is 0.308. The molecule has 0 saturated heterocycles. The summed E-state index contributed by atoms with van der Waals surface area (Å²) in [6.07, 6.45) is 3.75. The Morgan fingerprint density at radius 1 is 1.33 bits per heavy atom. The lowest BCUT2D eigenvalue weighted by Crippen LogP contribution is -2.33. The van der Waals surface area contributed by atoms with Crippen molar-refractivity contribution in [3.05, 3.63) is 36.4 Å². The number of nitrogens with one attached hydrogen (secondary N) is 1. The second kappa shape index (κ2) is 5.05. The third kappa shape index (κ3) is 2.47. The Bertz CT molecular complexity index is 769. The van der Waals surface area contributed by atoms with Crippen LogP contribution in [0.15, 0.2) is 35.5 Å². The van der Waals surface area contributed by atoms with E-state index in [-0.39, 0.29) is 10.6 Å². The van der Waals surface area contributed by atoms with Gasteiger partial charge in [-0.05, 0) is 25.2 Å². The third-order valence-electron chi connectivity index (χ3n) is 3.66. The Hall–Kier alpha value is -2.06. The van der Waals surface area contributed by atoms with E-state index in [9.17, 15) is 8.42 Å². The summed E-state index contributed by atoms with van der Waals surface area (Å²) in [5.41, 5.74) is 7.04. The molecule has 2 heterocycles. The first-order valence-electron chi connectivity index (χ1n) is 6.59. The molecule has 0 atom stereocenters. The van der Waals surface area contributed by atoms with Crippen molar-refractivity contribution in [1.82, 2.24) is 14.3 Å². The minimum absolute atomic E-state index is 0.104. The number of hydrogen-bond donors (Lipinski definition) is 2. The average Bonchev–Trinajstić information content (AvgIpc) is 2.94. The first-order chi connectivity index (χ1) is 10.0. The quantitative estimate of drug-likeness (QED) is 0.800. The van der Waals surface area contributed by atoms with Gasteiger partial charge in [0.15, 0.2) is 0 Å². The molecule has 112 valence electrons. The van der Waals surface area contributed by atoms with Crippen molar-refractivity contribution in [2.75, 3.05) is 24.2 Å². The van der Waals surface area contributed by atoms with Gasteiger partial charge in [0.25, 0.3) is 0 Å². The number of nitrogen functional groups attached to an aromatic ring is 1. The van der Waals surface area contributed by atoms with Crippen molar-refractivity contribution in [2.45, 2.75) is 18.0 Å². The normalized spacial score (nSPS) is 15.0. The van der Waals surface area contributed by atoms with Crippen molar-refractivity contribution < 1.29 is 8.42 Å². The third-order valence-corrected chi connectivity index (χ3v) is 5.15. The Labute approximate surface area is 123 Å². The predicted molar refractivity (Wildman–Crippen MR) is 80.4 cm³/mol. The maximum Gasteiger partial charge on any atom is 0.242 e. The molecule has 1 aromatic heterocycles. The SMILES string of the molecule is CNS(=O)(=O)c1ccc(N2CCn3ccnc3C2)cc1N. The van der Waals surface area contributed by atoms with Gasteiger partial charge < -0.3 is 15.2 Å². The number of sulfonamides is 1. The van der Waals surface area contributed by atoms with Gasteiger partial charge in [-0.25, -0.2) is 18.1 Å². The number of nitrogens with zero attached hydrogens (tertiary/aromatic N) is 3. The summed E-state index contributed by atoms with van der Waals surface area (Å²) in [4.78, 5) is 6.55. The van der Waals surface area contributed by atoms with Crippen molar-refractivity contribution >= 4 is 21.4 Å². The monoisotopic (exact) mass is 307 g/mol. The summed E-state index contributed by atoms with van der Waals surface area (Å²) in [5, 5.41) is 0. The number of anilines is 2. The fourth-order valence-electron chi connectivity index (χ4n) is 2.48. The minimum Gasteiger partial charge on any atom is -0.398 e. The highest BCUT2D eigenvalue weighted by Crippen LogP contribution is 2.27. The lowest BCUT2D eigenvalue weighted by atomic mass is 10.2. The van der Waals surface area contributed by atoms with Crippen molar-refractivity contribution in [3.63, 3.8) is 0 Å². The zero-order valence-corrected chi connectivity index (χ0v) is 12.5. The summed E-state index contributed by atoms with van der Waals surface area (Å²) in [6.45, 7) is 2.37. The molecule has 0 radical (unpaired) electrons. The molecule has 0 spiro atoms.